The number of aryl methyl sites for hydroxylation is 2. The van der Waals surface area contributed by atoms with E-state index in [2.05, 4.69) is 33.6 Å². The minimum atomic E-state index is -0.160. The molecular weight excluding hydrogens is 339 g/mol. The lowest BCUT2D eigenvalue weighted by atomic mass is 9.99. The van der Waals surface area contributed by atoms with Crippen molar-refractivity contribution in [3.8, 4) is 5.75 Å². The third-order valence-electron chi connectivity index (χ3n) is 4.72. The van der Waals surface area contributed by atoms with Crippen LogP contribution in [-0.4, -0.2) is 22.6 Å². The van der Waals surface area contributed by atoms with Gasteiger partial charge in [0.15, 0.2) is 0 Å². The van der Waals surface area contributed by atoms with Crippen LogP contribution in [0.25, 0.3) is 0 Å². The van der Waals surface area contributed by atoms with Gasteiger partial charge in [-0.2, -0.15) is 5.10 Å². The molecule has 0 aliphatic carbocycles. The molecule has 0 unspecified atom stereocenters. The highest BCUT2D eigenvalue weighted by Gasteiger charge is 2.10. The quantitative estimate of drug-likeness (QED) is 0.642. The van der Waals surface area contributed by atoms with Gasteiger partial charge in [0.25, 0.3) is 5.56 Å². The van der Waals surface area contributed by atoms with E-state index >= 15 is 0 Å². The van der Waals surface area contributed by atoms with E-state index in [-0.39, 0.29) is 5.56 Å². The minimum Gasteiger partial charge on any atom is -0.485 e. The lowest BCUT2D eigenvalue weighted by molar-refractivity contribution is 0.297. The lowest BCUT2D eigenvalue weighted by Gasteiger charge is -2.09. The smallest absolute Gasteiger partial charge is 0.270 e. The van der Waals surface area contributed by atoms with E-state index < -0.39 is 0 Å². The van der Waals surface area contributed by atoms with Crippen molar-refractivity contribution in [2.75, 3.05) is 0 Å². The third kappa shape index (κ3) is 4.26. The zero-order valence-electron chi connectivity index (χ0n) is 15.3. The number of nitrogens with one attached hydrogen (secondary N) is 1. The lowest BCUT2D eigenvalue weighted by Crippen LogP contribution is -2.23. The van der Waals surface area contributed by atoms with Crippen LogP contribution in [0.4, 0.5) is 0 Å². The standard InChI is InChI=1S/C20H21BN4O2/c21-17-3-4-18(23-11-17)13-27-19-8-20(26)25(24-12-19)6-5-14-1-2-15-9-22-10-16(15)7-14/h1-4,7-8,11-12,22H,5-6,9-10,13,21H2. The maximum Gasteiger partial charge on any atom is 0.270 e. The zero-order chi connectivity index (χ0) is 18.6. The second-order valence-electron chi connectivity index (χ2n) is 6.82. The Hall–Kier alpha value is -2.93. The highest BCUT2D eigenvalue weighted by molar-refractivity contribution is 6.31. The fourth-order valence-corrected chi connectivity index (χ4v) is 3.14. The molecule has 0 fully saturated rings. The highest BCUT2D eigenvalue weighted by atomic mass is 16.5. The molecule has 0 atom stereocenters. The first kappa shape index (κ1) is 17.5. The van der Waals surface area contributed by atoms with Gasteiger partial charge in [-0.15, -0.1) is 0 Å². The van der Waals surface area contributed by atoms with E-state index in [4.69, 9.17) is 4.74 Å². The largest absolute Gasteiger partial charge is 0.485 e. The molecule has 3 aromatic rings. The predicted octanol–water partition coefficient (Wildman–Crippen LogP) is 0.322. The van der Waals surface area contributed by atoms with Crippen LogP contribution >= 0.6 is 0 Å². The summed E-state index contributed by atoms with van der Waals surface area (Å²) in [6.07, 6.45) is 4.15. The normalized spacial score (nSPS) is 12.7. The van der Waals surface area contributed by atoms with Crippen LogP contribution in [0.3, 0.4) is 0 Å². The Labute approximate surface area is 158 Å². The van der Waals surface area contributed by atoms with Gasteiger partial charge in [-0.05, 0) is 29.2 Å². The van der Waals surface area contributed by atoms with Gasteiger partial charge in [-0.1, -0.05) is 29.7 Å². The molecule has 6 nitrogen and oxygen atoms in total. The molecule has 0 bridgehead atoms. The number of hydrogen-bond donors (Lipinski definition) is 1. The van der Waals surface area contributed by atoms with Crippen molar-refractivity contribution in [1.29, 1.82) is 0 Å². The molecule has 1 N–H and O–H groups in total. The molecule has 0 saturated carbocycles. The van der Waals surface area contributed by atoms with Gasteiger partial charge in [0.1, 0.15) is 20.2 Å². The summed E-state index contributed by atoms with van der Waals surface area (Å²) < 4.78 is 7.11. The van der Waals surface area contributed by atoms with Crippen LogP contribution in [0.15, 0.2) is 53.6 Å². The fraction of sp³-hybridized carbons (Fsp3) is 0.250. The number of aromatic nitrogens is 3. The molecule has 2 aromatic heterocycles. The Morgan fingerprint density at radius 3 is 2.81 bits per heavy atom. The SMILES string of the molecule is Bc1ccc(COc2cnn(CCc3ccc4c(c3)CNC4)c(=O)c2)nc1. The summed E-state index contributed by atoms with van der Waals surface area (Å²) in [5.74, 6) is 0.460. The molecule has 27 heavy (non-hydrogen) atoms. The summed E-state index contributed by atoms with van der Waals surface area (Å²) in [4.78, 5) is 16.6. The van der Waals surface area contributed by atoms with Crippen LogP contribution in [0, 0.1) is 0 Å². The summed E-state index contributed by atoms with van der Waals surface area (Å²) in [7, 11) is 1.99. The Morgan fingerprint density at radius 2 is 2.00 bits per heavy atom. The second-order valence-corrected chi connectivity index (χ2v) is 6.82. The van der Waals surface area contributed by atoms with E-state index in [1.165, 1.54) is 27.4 Å². The number of fused-ring (bicyclic) bond motifs is 1. The minimum absolute atomic E-state index is 0.160. The Bertz CT molecular complexity index is 1000. The maximum absolute atomic E-state index is 12.3. The number of nitrogens with zero attached hydrogens (tertiary/aromatic N) is 3. The number of hydrogen-bond acceptors (Lipinski definition) is 5. The zero-order valence-corrected chi connectivity index (χ0v) is 15.3. The molecule has 1 aliphatic rings. The van der Waals surface area contributed by atoms with Crippen LogP contribution < -0.4 is 21.1 Å². The van der Waals surface area contributed by atoms with Crippen molar-refractivity contribution in [2.24, 2.45) is 0 Å². The van der Waals surface area contributed by atoms with Crippen molar-refractivity contribution in [1.82, 2.24) is 20.1 Å². The van der Waals surface area contributed by atoms with Gasteiger partial charge in [0, 0.05) is 31.9 Å². The first-order valence-corrected chi connectivity index (χ1v) is 9.10. The number of pyridine rings is 1. The van der Waals surface area contributed by atoms with Crippen LogP contribution in [0.1, 0.15) is 22.4 Å². The summed E-state index contributed by atoms with van der Waals surface area (Å²) in [5, 5.41) is 7.58. The molecule has 0 spiro atoms. The number of rotatable bonds is 6. The summed E-state index contributed by atoms with van der Waals surface area (Å²) >= 11 is 0. The topological polar surface area (TPSA) is 69.0 Å². The van der Waals surface area contributed by atoms with E-state index in [0.29, 0.717) is 18.9 Å². The first-order chi connectivity index (χ1) is 13.2. The first-order valence-electron chi connectivity index (χ1n) is 9.10. The van der Waals surface area contributed by atoms with Crippen molar-refractivity contribution < 1.29 is 4.74 Å². The van der Waals surface area contributed by atoms with Crippen LogP contribution in [0.5, 0.6) is 5.75 Å². The van der Waals surface area contributed by atoms with Gasteiger partial charge in [-0.25, -0.2) is 4.68 Å². The van der Waals surface area contributed by atoms with Gasteiger partial charge in [0.2, 0.25) is 0 Å². The number of ether oxygens (including phenoxy) is 1. The predicted molar refractivity (Wildman–Crippen MR) is 106 cm³/mol. The Kier molecular flexibility index (Phi) is 5.02. The molecular formula is C20H21BN4O2. The molecule has 3 heterocycles. The summed E-state index contributed by atoms with van der Waals surface area (Å²) in [6.45, 7) is 2.72. The van der Waals surface area contributed by atoms with Crippen molar-refractivity contribution >= 4 is 13.3 Å². The average molecular weight is 360 g/mol. The van der Waals surface area contributed by atoms with Crippen LogP contribution in [0.2, 0.25) is 0 Å². The molecule has 0 radical (unpaired) electrons. The third-order valence-corrected chi connectivity index (χ3v) is 4.72. The average Bonchev–Trinajstić information content (AvgIpc) is 3.14. The van der Waals surface area contributed by atoms with E-state index in [0.717, 1.165) is 30.7 Å². The highest BCUT2D eigenvalue weighted by Crippen LogP contribution is 2.17. The molecule has 136 valence electrons. The van der Waals surface area contributed by atoms with E-state index in [9.17, 15) is 4.79 Å². The van der Waals surface area contributed by atoms with E-state index in [1.54, 1.807) is 12.4 Å². The monoisotopic (exact) mass is 360 g/mol. The Balaban J connectivity index is 1.36. The van der Waals surface area contributed by atoms with E-state index in [1.807, 2.05) is 20.0 Å². The molecule has 0 saturated heterocycles. The summed E-state index contributed by atoms with van der Waals surface area (Å²) in [6, 6.07) is 11.9. The Morgan fingerprint density at radius 1 is 1.11 bits per heavy atom. The fourth-order valence-electron chi connectivity index (χ4n) is 3.14. The molecule has 1 aromatic carbocycles. The molecule has 7 heteroatoms. The summed E-state index contributed by atoms with van der Waals surface area (Å²) in [5.41, 5.74) is 5.68. The second kappa shape index (κ2) is 7.76. The van der Waals surface area contributed by atoms with Crippen molar-refractivity contribution in [3.63, 3.8) is 0 Å². The van der Waals surface area contributed by atoms with Gasteiger partial charge in [-0.3, -0.25) is 9.78 Å². The van der Waals surface area contributed by atoms with Gasteiger partial charge >= 0.3 is 0 Å². The van der Waals surface area contributed by atoms with Gasteiger partial charge in [0.05, 0.1) is 11.9 Å². The van der Waals surface area contributed by atoms with Crippen LogP contribution in [-0.2, 0) is 32.7 Å². The van der Waals surface area contributed by atoms with Gasteiger partial charge < -0.3 is 10.1 Å². The molecule has 4 rings (SSSR count). The molecule has 0 amide bonds. The molecule has 1 aliphatic heterocycles. The maximum atomic E-state index is 12.3. The van der Waals surface area contributed by atoms with Crippen molar-refractivity contribution in [2.45, 2.75) is 32.7 Å². The van der Waals surface area contributed by atoms with Crippen molar-refractivity contribution in [3.05, 3.63) is 81.5 Å². The number of benzene rings is 1.